The second kappa shape index (κ2) is 8.11. The van der Waals surface area contributed by atoms with Crippen LogP contribution in [0.25, 0.3) is 22.2 Å². The quantitative estimate of drug-likeness (QED) is 0.676. The SMILES string of the molecule is COCCCNC(=O)c1cc(-c2cc(C)ccc2C)nc2ccccc12. The number of carbonyl (C=O) groups is 1. The molecule has 0 radical (unpaired) electrons. The first-order chi connectivity index (χ1) is 12.6. The Hall–Kier alpha value is -2.72. The second-order valence-electron chi connectivity index (χ2n) is 6.49. The fourth-order valence-electron chi connectivity index (χ4n) is 3.03. The van der Waals surface area contributed by atoms with Gasteiger partial charge in [0.2, 0.25) is 0 Å². The molecule has 1 amide bonds. The van der Waals surface area contributed by atoms with E-state index in [1.807, 2.05) is 30.3 Å². The minimum Gasteiger partial charge on any atom is -0.385 e. The number of methoxy groups -OCH3 is 1. The third-order valence-corrected chi connectivity index (χ3v) is 4.44. The van der Waals surface area contributed by atoms with Gasteiger partial charge < -0.3 is 10.1 Å². The molecule has 3 aromatic rings. The summed E-state index contributed by atoms with van der Waals surface area (Å²) in [7, 11) is 1.66. The largest absolute Gasteiger partial charge is 0.385 e. The molecule has 0 fully saturated rings. The smallest absolute Gasteiger partial charge is 0.252 e. The van der Waals surface area contributed by atoms with Gasteiger partial charge in [-0.05, 0) is 44.0 Å². The third kappa shape index (κ3) is 3.92. The van der Waals surface area contributed by atoms with Gasteiger partial charge in [0.05, 0.1) is 16.8 Å². The van der Waals surface area contributed by atoms with Gasteiger partial charge >= 0.3 is 0 Å². The minimum absolute atomic E-state index is 0.0775. The Bertz CT molecular complexity index is 935. The Kier molecular flexibility index (Phi) is 5.64. The van der Waals surface area contributed by atoms with Gasteiger partial charge in [0.25, 0.3) is 5.91 Å². The van der Waals surface area contributed by atoms with Gasteiger partial charge in [-0.25, -0.2) is 4.98 Å². The van der Waals surface area contributed by atoms with E-state index in [9.17, 15) is 4.79 Å². The number of nitrogens with zero attached hydrogens (tertiary/aromatic N) is 1. The summed E-state index contributed by atoms with van der Waals surface area (Å²) in [6.07, 6.45) is 0.787. The molecule has 1 aromatic heterocycles. The van der Waals surface area contributed by atoms with Crippen LogP contribution in [-0.2, 0) is 4.74 Å². The molecular formula is C22H24N2O2. The maximum absolute atomic E-state index is 12.8. The molecule has 0 atom stereocenters. The number of fused-ring (bicyclic) bond motifs is 1. The fourth-order valence-corrected chi connectivity index (χ4v) is 3.03. The van der Waals surface area contributed by atoms with Crippen LogP contribution in [-0.4, -0.2) is 31.2 Å². The van der Waals surface area contributed by atoms with Crippen LogP contribution < -0.4 is 5.32 Å². The third-order valence-electron chi connectivity index (χ3n) is 4.44. The molecule has 0 aliphatic rings. The number of carbonyl (C=O) groups excluding carboxylic acids is 1. The Labute approximate surface area is 154 Å². The summed E-state index contributed by atoms with van der Waals surface area (Å²) in [5, 5.41) is 3.85. The van der Waals surface area contributed by atoms with Crippen molar-refractivity contribution in [3.8, 4) is 11.3 Å². The van der Waals surface area contributed by atoms with Crippen LogP contribution >= 0.6 is 0 Å². The summed E-state index contributed by atoms with van der Waals surface area (Å²) < 4.78 is 5.04. The molecular weight excluding hydrogens is 324 g/mol. The predicted molar refractivity (Wildman–Crippen MR) is 105 cm³/mol. The highest BCUT2D eigenvalue weighted by Crippen LogP contribution is 2.27. The molecule has 4 heteroatoms. The molecule has 0 spiro atoms. The number of ether oxygens (including phenoxy) is 1. The molecule has 26 heavy (non-hydrogen) atoms. The monoisotopic (exact) mass is 348 g/mol. The Morgan fingerprint density at radius 2 is 1.92 bits per heavy atom. The van der Waals surface area contributed by atoms with E-state index in [-0.39, 0.29) is 5.91 Å². The first-order valence-electron chi connectivity index (χ1n) is 8.84. The highest BCUT2D eigenvalue weighted by Gasteiger charge is 2.14. The summed E-state index contributed by atoms with van der Waals surface area (Å²) in [5.74, 6) is -0.0775. The second-order valence-corrected chi connectivity index (χ2v) is 6.49. The van der Waals surface area contributed by atoms with Gasteiger partial charge in [0.15, 0.2) is 0 Å². The molecule has 0 saturated heterocycles. The average molecular weight is 348 g/mol. The lowest BCUT2D eigenvalue weighted by Gasteiger charge is -2.12. The summed E-state index contributed by atoms with van der Waals surface area (Å²) in [6.45, 7) is 5.34. The summed E-state index contributed by atoms with van der Waals surface area (Å²) in [6, 6.07) is 16.0. The van der Waals surface area contributed by atoms with Crippen LogP contribution in [0.15, 0.2) is 48.5 Å². The van der Waals surface area contributed by atoms with Crippen molar-refractivity contribution in [3.63, 3.8) is 0 Å². The summed E-state index contributed by atoms with van der Waals surface area (Å²) >= 11 is 0. The minimum atomic E-state index is -0.0775. The molecule has 0 aliphatic carbocycles. The summed E-state index contributed by atoms with van der Waals surface area (Å²) in [5.41, 5.74) is 5.68. The highest BCUT2D eigenvalue weighted by atomic mass is 16.5. The van der Waals surface area contributed by atoms with Crippen molar-refractivity contribution in [2.24, 2.45) is 0 Å². The number of aryl methyl sites for hydroxylation is 2. The molecule has 0 saturated carbocycles. The number of aromatic nitrogens is 1. The van der Waals surface area contributed by atoms with E-state index in [0.29, 0.717) is 18.7 Å². The van der Waals surface area contributed by atoms with Gasteiger partial charge in [-0.1, -0.05) is 35.9 Å². The number of nitrogens with one attached hydrogen (secondary N) is 1. The van der Waals surface area contributed by atoms with E-state index in [1.165, 1.54) is 5.56 Å². The van der Waals surface area contributed by atoms with E-state index in [0.717, 1.165) is 34.1 Å². The lowest BCUT2D eigenvalue weighted by Crippen LogP contribution is -2.25. The molecule has 4 nitrogen and oxygen atoms in total. The zero-order chi connectivity index (χ0) is 18.5. The molecule has 0 aliphatic heterocycles. The first-order valence-corrected chi connectivity index (χ1v) is 8.84. The normalized spacial score (nSPS) is 10.9. The van der Waals surface area contributed by atoms with E-state index in [1.54, 1.807) is 7.11 Å². The fraction of sp³-hybridized carbons (Fsp3) is 0.273. The topological polar surface area (TPSA) is 51.2 Å². The molecule has 134 valence electrons. The Balaban J connectivity index is 2.04. The molecule has 0 bridgehead atoms. The standard InChI is InChI=1S/C22H24N2O2/c1-15-9-10-16(2)18(13-15)21-14-19(22(25)23-11-6-12-26-3)17-7-4-5-8-20(17)24-21/h4-5,7-10,13-14H,6,11-12H2,1-3H3,(H,23,25). The number of hydrogen-bond donors (Lipinski definition) is 1. The number of rotatable bonds is 6. The van der Waals surface area contributed by atoms with E-state index < -0.39 is 0 Å². The highest BCUT2D eigenvalue weighted by molar-refractivity contribution is 6.07. The number of benzene rings is 2. The van der Waals surface area contributed by atoms with Crippen molar-refractivity contribution in [1.29, 1.82) is 0 Å². The van der Waals surface area contributed by atoms with Gasteiger partial charge in [-0.3, -0.25) is 4.79 Å². The van der Waals surface area contributed by atoms with Crippen LogP contribution in [0.1, 0.15) is 27.9 Å². The molecule has 1 N–H and O–H groups in total. The van der Waals surface area contributed by atoms with Crippen LogP contribution in [0.5, 0.6) is 0 Å². The Morgan fingerprint density at radius 3 is 2.73 bits per heavy atom. The first kappa shape index (κ1) is 18.1. The van der Waals surface area contributed by atoms with Crippen LogP contribution in [0.2, 0.25) is 0 Å². The Morgan fingerprint density at radius 1 is 1.12 bits per heavy atom. The van der Waals surface area contributed by atoms with Crippen LogP contribution in [0.3, 0.4) is 0 Å². The van der Waals surface area contributed by atoms with Crippen LogP contribution in [0.4, 0.5) is 0 Å². The van der Waals surface area contributed by atoms with Crippen LogP contribution in [0, 0.1) is 13.8 Å². The summed E-state index contributed by atoms with van der Waals surface area (Å²) in [4.78, 5) is 17.6. The molecule has 2 aromatic carbocycles. The van der Waals surface area contributed by atoms with Gasteiger partial charge in [0.1, 0.15) is 0 Å². The molecule has 1 heterocycles. The van der Waals surface area contributed by atoms with Gasteiger partial charge in [-0.15, -0.1) is 0 Å². The van der Waals surface area contributed by atoms with E-state index in [4.69, 9.17) is 9.72 Å². The lowest BCUT2D eigenvalue weighted by molar-refractivity contribution is 0.0950. The van der Waals surface area contributed by atoms with Crippen molar-refractivity contribution < 1.29 is 9.53 Å². The number of pyridine rings is 1. The van der Waals surface area contributed by atoms with Crippen molar-refractivity contribution in [2.45, 2.75) is 20.3 Å². The zero-order valence-electron chi connectivity index (χ0n) is 15.5. The number of amides is 1. The van der Waals surface area contributed by atoms with Crippen molar-refractivity contribution in [1.82, 2.24) is 10.3 Å². The molecule has 3 rings (SSSR count). The average Bonchev–Trinajstić information content (AvgIpc) is 2.66. The maximum atomic E-state index is 12.8. The predicted octanol–water partition coefficient (Wildman–Crippen LogP) is 4.28. The van der Waals surface area contributed by atoms with Crippen molar-refractivity contribution >= 4 is 16.8 Å². The lowest BCUT2D eigenvalue weighted by atomic mass is 9.99. The molecule has 0 unspecified atom stereocenters. The number of hydrogen-bond acceptors (Lipinski definition) is 3. The maximum Gasteiger partial charge on any atom is 0.252 e. The zero-order valence-corrected chi connectivity index (χ0v) is 15.5. The van der Waals surface area contributed by atoms with Crippen molar-refractivity contribution in [3.05, 3.63) is 65.2 Å². The van der Waals surface area contributed by atoms with Crippen molar-refractivity contribution in [2.75, 3.05) is 20.3 Å². The van der Waals surface area contributed by atoms with Gasteiger partial charge in [-0.2, -0.15) is 0 Å². The number of para-hydroxylation sites is 1. The van der Waals surface area contributed by atoms with Gasteiger partial charge in [0, 0.05) is 31.2 Å². The van der Waals surface area contributed by atoms with E-state index in [2.05, 4.69) is 37.4 Å². The van der Waals surface area contributed by atoms with E-state index >= 15 is 0 Å².